The van der Waals surface area contributed by atoms with E-state index in [-0.39, 0.29) is 35.2 Å². The molecule has 0 spiro atoms. The summed E-state index contributed by atoms with van der Waals surface area (Å²) >= 11 is 0. The SMILES string of the molecule is O=C(NC1CCCC1)c1nn(C2CCCCC2)c2c1CCCCC2Cc1ccc(F)cc1.O=C(NCc1ccccc1)c1nn(C2CCCCC2)c2c1CCCCC2Cc1ccc(F)cc1.O=C(c1nn(C2CCCCC2)c2c1CCCCC2Cc1ccc(F)cc1)N1CCN(c2ccccc2)CC1. The normalized spacial score (nSPS) is 20.6. The molecule has 8 aliphatic rings. The average molecular weight is 1410 g/mol. The van der Waals surface area contributed by atoms with E-state index in [4.69, 9.17) is 15.3 Å². The zero-order valence-corrected chi connectivity index (χ0v) is 61.3. The standard InChI is InChI=1S/C32H39FN4O.C29H34FN3O.C27H36FN3O/c33-26-17-15-24(16-18-26)23-25-9-7-8-14-29-30(34-37(31(25)29)28-12-5-2-6-13-28)32(38)36-21-19-35(20-22-36)27-10-3-1-4-11-27;30-24-17-15-21(16-18-24)19-23-11-7-8-14-26-27(29(34)31-20-22-9-3-1-4-10-22)32-33(28(23)26)25-12-5-2-6-13-25;28-21-16-14-19(15-17-21)18-20-8-4-7-13-24-25(27(32)29-22-9-5-6-10-22)30-31(26(20)24)23-11-2-1-3-12-23/h1,3-4,10-11,15-18,25,28H,2,5-9,12-14,19-23H2;1,3-4,9-10,15-18,23,25H,2,5-8,11-14,19-20H2,(H,31,34);14-17,20,22-23H,1-13,18H2,(H,29,32). The van der Waals surface area contributed by atoms with Crippen molar-refractivity contribution in [2.75, 3.05) is 31.1 Å². The van der Waals surface area contributed by atoms with E-state index in [0.717, 1.165) is 202 Å². The number of fused-ring (bicyclic) bond motifs is 3. The minimum Gasteiger partial charge on any atom is -0.368 e. The van der Waals surface area contributed by atoms with Crippen LogP contribution in [0.4, 0.5) is 18.9 Å². The molecule has 13 nitrogen and oxygen atoms in total. The summed E-state index contributed by atoms with van der Waals surface area (Å²) in [6, 6.07) is 42.7. The summed E-state index contributed by atoms with van der Waals surface area (Å²) in [5, 5.41) is 21.6. The Morgan fingerprint density at radius 3 is 1.13 bits per heavy atom. The summed E-state index contributed by atoms with van der Waals surface area (Å²) in [4.78, 5) is 45.1. The minimum atomic E-state index is -0.199. The van der Waals surface area contributed by atoms with Gasteiger partial charge in [0.05, 0.1) is 18.1 Å². The largest absolute Gasteiger partial charge is 0.368 e. The van der Waals surface area contributed by atoms with Crippen molar-refractivity contribution in [1.29, 1.82) is 0 Å². The summed E-state index contributed by atoms with van der Waals surface area (Å²) in [6.45, 7) is 3.63. The van der Waals surface area contributed by atoms with E-state index in [9.17, 15) is 27.6 Å². The summed E-state index contributed by atoms with van der Waals surface area (Å²) < 4.78 is 47.4. The summed E-state index contributed by atoms with van der Waals surface area (Å²) in [6.07, 6.45) is 38.0. The first-order valence-corrected chi connectivity index (χ1v) is 40.3. The van der Waals surface area contributed by atoms with Gasteiger partial charge in [-0.1, -0.05) is 175 Å². The molecule has 0 radical (unpaired) electrons. The molecule has 0 bridgehead atoms. The van der Waals surface area contributed by atoms with Crippen molar-refractivity contribution in [3.05, 3.63) is 224 Å². The molecular weight excluding hydrogens is 1300 g/mol. The van der Waals surface area contributed by atoms with Crippen LogP contribution in [0.2, 0.25) is 0 Å². The number of halogens is 3. The molecule has 8 aromatic rings. The lowest BCUT2D eigenvalue weighted by molar-refractivity contribution is 0.0737. The first kappa shape index (κ1) is 72.7. The van der Waals surface area contributed by atoms with Crippen molar-refractivity contribution in [2.24, 2.45) is 0 Å². The Bertz CT molecular complexity index is 4080. The highest BCUT2D eigenvalue weighted by Gasteiger charge is 2.38. The van der Waals surface area contributed by atoms with Crippen LogP contribution in [0, 0.1) is 17.5 Å². The lowest BCUT2D eigenvalue weighted by atomic mass is 9.89. The van der Waals surface area contributed by atoms with Gasteiger partial charge >= 0.3 is 0 Å². The third-order valence-corrected chi connectivity index (χ3v) is 24.3. The Morgan fingerprint density at radius 1 is 0.365 bits per heavy atom. The molecule has 2 N–H and O–H groups in total. The van der Waals surface area contributed by atoms with Crippen LogP contribution >= 0.6 is 0 Å². The van der Waals surface area contributed by atoms with E-state index in [0.29, 0.717) is 65.5 Å². The predicted molar refractivity (Wildman–Crippen MR) is 406 cm³/mol. The van der Waals surface area contributed by atoms with Crippen LogP contribution in [0.1, 0.15) is 303 Å². The number of hydrogen-bond donors (Lipinski definition) is 2. The zero-order chi connectivity index (χ0) is 71.1. The molecule has 3 unspecified atom stereocenters. The minimum absolute atomic E-state index is 0.0325. The van der Waals surface area contributed by atoms with Gasteiger partial charge in [-0.3, -0.25) is 28.4 Å². The van der Waals surface area contributed by atoms with Crippen molar-refractivity contribution < 1.29 is 27.6 Å². The highest BCUT2D eigenvalue weighted by atomic mass is 19.1. The summed E-state index contributed by atoms with van der Waals surface area (Å²) in [5.74, 6) is 0.427. The molecule has 5 fully saturated rings. The summed E-state index contributed by atoms with van der Waals surface area (Å²) in [7, 11) is 0. The molecule has 7 aliphatic carbocycles. The maximum absolute atomic E-state index is 14.0. The Kier molecular flexibility index (Phi) is 24.6. The molecule has 4 heterocycles. The first-order valence-electron chi connectivity index (χ1n) is 40.3. The maximum Gasteiger partial charge on any atom is 0.274 e. The van der Waals surface area contributed by atoms with Gasteiger partial charge in [-0.25, -0.2) is 13.2 Å². The number of hydrogen-bond acceptors (Lipinski definition) is 7. The number of carbonyl (C=O) groups is 3. The van der Waals surface area contributed by atoms with E-state index >= 15 is 0 Å². The van der Waals surface area contributed by atoms with Crippen molar-refractivity contribution in [3.63, 3.8) is 0 Å². The van der Waals surface area contributed by atoms with Crippen LogP contribution in [0.15, 0.2) is 133 Å². The van der Waals surface area contributed by atoms with Gasteiger partial charge in [-0.05, 0) is 199 Å². The smallest absolute Gasteiger partial charge is 0.274 e. The Morgan fingerprint density at radius 2 is 0.721 bits per heavy atom. The van der Waals surface area contributed by atoms with E-state index in [2.05, 4.69) is 53.8 Å². The van der Waals surface area contributed by atoms with E-state index in [1.54, 1.807) is 36.4 Å². The fourth-order valence-corrected chi connectivity index (χ4v) is 18.8. The van der Waals surface area contributed by atoms with E-state index in [1.165, 1.54) is 105 Å². The third kappa shape index (κ3) is 17.8. The van der Waals surface area contributed by atoms with Gasteiger partial charge in [0, 0.05) is 96.0 Å². The predicted octanol–water partition coefficient (Wildman–Crippen LogP) is 19.3. The maximum atomic E-state index is 14.0. The van der Waals surface area contributed by atoms with Crippen molar-refractivity contribution in [2.45, 2.75) is 267 Å². The lowest BCUT2D eigenvalue weighted by Gasteiger charge is -2.36. The van der Waals surface area contributed by atoms with E-state index < -0.39 is 0 Å². The number of carbonyl (C=O) groups excluding carboxylic acids is 3. The zero-order valence-electron chi connectivity index (χ0n) is 61.3. The number of nitrogens with one attached hydrogen (secondary N) is 2. The van der Waals surface area contributed by atoms with Gasteiger partial charge < -0.3 is 20.4 Å². The molecule has 5 aromatic carbocycles. The molecule has 16 heteroatoms. The van der Waals surface area contributed by atoms with Crippen molar-refractivity contribution >= 4 is 23.4 Å². The van der Waals surface area contributed by atoms with Crippen molar-refractivity contribution in [1.82, 2.24) is 44.9 Å². The molecule has 3 amide bonds. The Labute approximate surface area is 614 Å². The molecule has 1 aliphatic heterocycles. The lowest BCUT2D eigenvalue weighted by Crippen LogP contribution is -2.49. The Balaban J connectivity index is 0.000000132. The van der Waals surface area contributed by atoms with Gasteiger partial charge in [0.25, 0.3) is 17.7 Å². The van der Waals surface area contributed by atoms with Crippen LogP contribution in [-0.4, -0.2) is 84.2 Å². The molecule has 4 saturated carbocycles. The number of piperazine rings is 1. The average Bonchev–Trinajstić information content (AvgIpc) is 1.63. The van der Waals surface area contributed by atoms with Crippen molar-refractivity contribution in [3.8, 4) is 0 Å². The quantitative estimate of drug-likeness (QED) is 0.0920. The van der Waals surface area contributed by atoms with Crippen LogP contribution in [0.25, 0.3) is 0 Å². The number of amides is 3. The van der Waals surface area contributed by atoms with Crippen LogP contribution in [-0.2, 0) is 45.1 Å². The second kappa shape index (κ2) is 35.2. The second-order valence-electron chi connectivity index (χ2n) is 31.4. The Hall–Kier alpha value is -8.27. The fourth-order valence-electron chi connectivity index (χ4n) is 18.8. The number of rotatable bonds is 16. The molecule has 550 valence electrons. The van der Waals surface area contributed by atoms with Gasteiger partial charge in [0.1, 0.15) is 17.5 Å². The number of nitrogens with zero attached hydrogens (tertiary/aromatic N) is 8. The topological polar surface area (TPSA) is 135 Å². The number of para-hydroxylation sites is 1. The van der Waals surface area contributed by atoms with Gasteiger partial charge in [0.15, 0.2) is 17.1 Å². The summed E-state index contributed by atoms with van der Waals surface area (Å²) in [5.41, 5.74) is 15.2. The highest BCUT2D eigenvalue weighted by molar-refractivity contribution is 5.95. The number of aromatic nitrogens is 6. The molecule has 104 heavy (non-hydrogen) atoms. The first-order chi connectivity index (χ1) is 51.0. The van der Waals surface area contributed by atoms with Gasteiger partial charge in [-0.2, -0.15) is 15.3 Å². The number of benzene rings is 5. The van der Waals surface area contributed by atoms with Crippen LogP contribution < -0.4 is 15.5 Å². The fraction of sp³-hybridized carbons (Fsp3) is 0.523. The van der Waals surface area contributed by atoms with Gasteiger partial charge in [0.2, 0.25) is 0 Å². The molecule has 1 saturated heterocycles. The monoisotopic (exact) mass is 1410 g/mol. The highest BCUT2D eigenvalue weighted by Crippen LogP contribution is 2.44. The van der Waals surface area contributed by atoms with Crippen LogP contribution in [0.5, 0.6) is 0 Å². The molecule has 3 aromatic heterocycles. The van der Waals surface area contributed by atoms with Gasteiger partial charge in [-0.15, -0.1) is 0 Å². The molecular formula is C88H109F3N10O3. The van der Waals surface area contributed by atoms with E-state index in [1.807, 2.05) is 77.7 Å². The number of anilines is 1. The second-order valence-corrected chi connectivity index (χ2v) is 31.4. The molecule has 3 atom stereocenters. The molecule has 16 rings (SSSR count). The van der Waals surface area contributed by atoms with Crippen LogP contribution in [0.3, 0.4) is 0 Å². The third-order valence-electron chi connectivity index (χ3n) is 24.3.